The van der Waals surface area contributed by atoms with Crippen molar-refractivity contribution in [3.05, 3.63) is 83.4 Å². The summed E-state index contributed by atoms with van der Waals surface area (Å²) >= 11 is 5.68. The maximum Gasteiger partial charge on any atom is 0.261 e. The van der Waals surface area contributed by atoms with Crippen molar-refractivity contribution in [2.75, 3.05) is 35.8 Å². The summed E-state index contributed by atoms with van der Waals surface area (Å²) in [5.41, 5.74) is 1.82. The number of rotatable bonds is 5. The number of hydrogen-bond acceptors (Lipinski definition) is 5. The molecule has 3 aromatic rings. The van der Waals surface area contributed by atoms with Crippen LogP contribution in [0, 0.1) is 5.82 Å². The first-order valence-electron chi connectivity index (χ1n) is 9.86. The number of halogens is 2. The summed E-state index contributed by atoms with van der Waals surface area (Å²) < 4.78 is 40.7. The van der Waals surface area contributed by atoms with Gasteiger partial charge in [0.25, 0.3) is 15.9 Å². The van der Waals surface area contributed by atoms with Gasteiger partial charge in [0.2, 0.25) is 0 Å². The molecule has 1 fully saturated rings. The molecule has 10 heteroatoms. The van der Waals surface area contributed by atoms with Crippen molar-refractivity contribution in [1.82, 2.24) is 9.88 Å². The quantitative estimate of drug-likeness (QED) is 0.610. The number of nitrogens with one attached hydrogen (secondary N) is 1. The van der Waals surface area contributed by atoms with E-state index in [-0.39, 0.29) is 21.5 Å². The summed E-state index contributed by atoms with van der Waals surface area (Å²) in [7, 11) is -3.95. The van der Waals surface area contributed by atoms with E-state index >= 15 is 0 Å². The van der Waals surface area contributed by atoms with Crippen LogP contribution in [0.3, 0.4) is 0 Å². The Morgan fingerprint density at radius 1 is 0.969 bits per heavy atom. The molecule has 1 saturated heterocycles. The SMILES string of the molecule is O=C(c1ccc(NS(=O)(=O)c2ccc(F)c(Cl)c2)cc1)N1CCN(c2ccncc2)CC1. The first kappa shape index (κ1) is 22.0. The van der Waals surface area contributed by atoms with Gasteiger partial charge in [0, 0.05) is 55.5 Å². The monoisotopic (exact) mass is 474 g/mol. The van der Waals surface area contributed by atoms with E-state index in [2.05, 4.69) is 14.6 Å². The summed E-state index contributed by atoms with van der Waals surface area (Å²) in [6.45, 7) is 2.60. The van der Waals surface area contributed by atoms with Crippen molar-refractivity contribution in [2.45, 2.75) is 4.90 Å². The third-order valence-corrected chi connectivity index (χ3v) is 6.85. The van der Waals surface area contributed by atoms with Crippen molar-refractivity contribution in [3.8, 4) is 0 Å². The van der Waals surface area contributed by atoms with Crippen molar-refractivity contribution in [3.63, 3.8) is 0 Å². The fourth-order valence-corrected chi connectivity index (χ4v) is 4.77. The average Bonchev–Trinajstić information content (AvgIpc) is 2.81. The van der Waals surface area contributed by atoms with Crippen LogP contribution < -0.4 is 9.62 Å². The number of piperazine rings is 1. The van der Waals surface area contributed by atoms with Gasteiger partial charge in [0.05, 0.1) is 9.92 Å². The van der Waals surface area contributed by atoms with Crippen molar-refractivity contribution >= 4 is 38.9 Å². The van der Waals surface area contributed by atoms with E-state index in [0.29, 0.717) is 31.7 Å². The Hall–Kier alpha value is -3.17. The second-order valence-corrected chi connectivity index (χ2v) is 9.33. The van der Waals surface area contributed by atoms with Gasteiger partial charge in [-0.2, -0.15) is 0 Å². The predicted molar refractivity (Wildman–Crippen MR) is 121 cm³/mol. The molecule has 1 aromatic heterocycles. The molecule has 166 valence electrons. The molecule has 0 aliphatic carbocycles. The lowest BCUT2D eigenvalue weighted by atomic mass is 10.1. The molecular formula is C22H20ClFN4O3S. The second kappa shape index (κ2) is 9.13. The third kappa shape index (κ3) is 4.84. The summed E-state index contributed by atoms with van der Waals surface area (Å²) in [4.78, 5) is 20.7. The van der Waals surface area contributed by atoms with Crippen LogP contribution in [-0.2, 0) is 10.0 Å². The third-order valence-electron chi connectivity index (χ3n) is 5.18. The zero-order chi connectivity index (χ0) is 22.7. The van der Waals surface area contributed by atoms with Crippen LogP contribution in [0.4, 0.5) is 15.8 Å². The van der Waals surface area contributed by atoms with Crippen molar-refractivity contribution in [1.29, 1.82) is 0 Å². The maximum absolute atomic E-state index is 13.3. The van der Waals surface area contributed by atoms with Gasteiger partial charge in [0.1, 0.15) is 5.82 Å². The number of pyridine rings is 1. The van der Waals surface area contributed by atoms with Gasteiger partial charge in [-0.1, -0.05) is 11.6 Å². The number of carbonyl (C=O) groups is 1. The van der Waals surface area contributed by atoms with Crippen LogP contribution in [0.25, 0.3) is 0 Å². The Morgan fingerprint density at radius 2 is 1.62 bits per heavy atom. The average molecular weight is 475 g/mol. The number of sulfonamides is 1. The highest BCUT2D eigenvalue weighted by Crippen LogP contribution is 2.22. The fourth-order valence-electron chi connectivity index (χ4n) is 3.44. The molecule has 1 aliphatic rings. The Balaban J connectivity index is 1.39. The van der Waals surface area contributed by atoms with Crippen LogP contribution >= 0.6 is 11.6 Å². The standard InChI is InChI=1S/C22H20ClFN4O3S/c23-20-15-19(5-6-21(20)24)32(30,31)26-17-3-1-16(2-4-17)22(29)28-13-11-27(12-14-28)18-7-9-25-10-8-18/h1-10,15,26H,11-14H2. The zero-order valence-corrected chi connectivity index (χ0v) is 18.5. The molecule has 0 unspecified atom stereocenters. The Morgan fingerprint density at radius 3 is 2.25 bits per heavy atom. The van der Waals surface area contributed by atoms with Crippen LogP contribution in [0.5, 0.6) is 0 Å². The predicted octanol–water partition coefficient (Wildman–Crippen LogP) is 3.64. The topological polar surface area (TPSA) is 82.6 Å². The largest absolute Gasteiger partial charge is 0.368 e. The molecule has 0 atom stereocenters. The Kier molecular flexibility index (Phi) is 6.29. The number of carbonyl (C=O) groups excluding carboxylic acids is 1. The minimum atomic E-state index is -3.95. The minimum absolute atomic E-state index is 0.112. The van der Waals surface area contributed by atoms with Gasteiger partial charge < -0.3 is 9.80 Å². The van der Waals surface area contributed by atoms with Crippen LogP contribution in [-0.4, -0.2) is 50.4 Å². The molecule has 0 saturated carbocycles. The summed E-state index contributed by atoms with van der Waals surface area (Å²) in [6, 6.07) is 13.2. The summed E-state index contributed by atoms with van der Waals surface area (Å²) in [5.74, 6) is -0.811. The molecular weight excluding hydrogens is 455 g/mol. The molecule has 1 amide bonds. The second-order valence-electron chi connectivity index (χ2n) is 7.24. The highest BCUT2D eigenvalue weighted by atomic mass is 35.5. The van der Waals surface area contributed by atoms with Crippen LogP contribution in [0.1, 0.15) is 10.4 Å². The first-order chi connectivity index (χ1) is 15.3. The number of aromatic nitrogens is 1. The van der Waals surface area contributed by atoms with E-state index in [0.717, 1.165) is 23.9 Å². The van der Waals surface area contributed by atoms with E-state index in [1.807, 2.05) is 12.1 Å². The molecule has 2 heterocycles. The fraction of sp³-hybridized carbons (Fsp3) is 0.182. The van der Waals surface area contributed by atoms with E-state index < -0.39 is 15.8 Å². The smallest absolute Gasteiger partial charge is 0.261 e. The number of hydrogen-bond donors (Lipinski definition) is 1. The van der Waals surface area contributed by atoms with Gasteiger partial charge in [-0.05, 0) is 54.6 Å². The molecule has 0 spiro atoms. The Labute approximate surface area is 190 Å². The van der Waals surface area contributed by atoms with Crippen LogP contribution in [0.15, 0.2) is 71.9 Å². The molecule has 0 radical (unpaired) electrons. The lowest BCUT2D eigenvalue weighted by Crippen LogP contribution is -2.48. The highest BCUT2D eigenvalue weighted by Gasteiger charge is 2.23. The highest BCUT2D eigenvalue weighted by molar-refractivity contribution is 7.92. The Bertz CT molecular complexity index is 1220. The lowest BCUT2D eigenvalue weighted by Gasteiger charge is -2.36. The van der Waals surface area contributed by atoms with Gasteiger partial charge in [-0.3, -0.25) is 14.5 Å². The molecule has 1 N–H and O–H groups in total. The maximum atomic E-state index is 13.3. The van der Waals surface area contributed by atoms with E-state index in [1.54, 1.807) is 29.4 Å². The van der Waals surface area contributed by atoms with Crippen molar-refractivity contribution in [2.24, 2.45) is 0 Å². The van der Waals surface area contributed by atoms with E-state index in [1.165, 1.54) is 12.1 Å². The number of nitrogens with zero attached hydrogens (tertiary/aromatic N) is 3. The summed E-state index contributed by atoms with van der Waals surface area (Å²) in [6.07, 6.45) is 3.49. The first-order valence-corrected chi connectivity index (χ1v) is 11.7. The molecule has 2 aromatic carbocycles. The molecule has 0 bridgehead atoms. The molecule has 7 nitrogen and oxygen atoms in total. The van der Waals surface area contributed by atoms with Gasteiger partial charge in [-0.25, -0.2) is 12.8 Å². The molecule has 1 aliphatic heterocycles. The van der Waals surface area contributed by atoms with Crippen molar-refractivity contribution < 1.29 is 17.6 Å². The number of benzene rings is 2. The van der Waals surface area contributed by atoms with Gasteiger partial charge in [-0.15, -0.1) is 0 Å². The zero-order valence-electron chi connectivity index (χ0n) is 16.9. The summed E-state index contributed by atoms with van der Waals surface area (Å²) in [5, 5.41) is -0.280. The van der Waals surface area contributed by atoms with E-state index in [4.69, 9.17) is 11.6 Å². The lowest BCUT2D eigenvalue weighted by molar-refractivity contribution is 0.0747. The molecule has 4 rings (SSSR count). The normalized spacial score (nSPS) is 14.3. The van der Waals surface area contributed by atoms with Gasteiger partial charge >= 0.3 is 0 Å². The number of anilines is 2. The van der Waals surface area contributed by atoms with E-state index in [9.17, 15) is 17.6 Å². The number of amides is 1. The molecule has 32 heavy (non-hydrogen) atoms. The van der Waals surface area contributed by atoms with Crippen LogP contribution in [0.2, 0.25) is 5.02 Å². The minimum Gasteiger partial charge on any atom is -0.368 e. The van der Waals surface area contributed by atoms with Gasteiger partial charge in [0.15, 0.2) is 0 Å².